The first-order valence-electron chi connectivity index (χ1n) is 12.0. The van der Waals surface area contributed by atoms with Crippen LogP contribution in [0.2, 0.25) is 0 Å². The van der Waals surface area contributed by atoms with Crippen molar-refractivity contribution in [2.75, 3.05) is 6.61 Å². The van der Waals surface area contributed by atoms with E-state index in [0.29, 0.717) is 60.7 Å². The number of hydrogen-bond acceptors (Lipinski definition) is 6. The van der Waals surface area contributed by atoms with Gasteiger partial charge < -0.3 is 9.30 Å². The van der Waals surface area contributed by atoms with Crippen LogP contribution >= 0.6 is 0 Å². The van der Waals surface area contributed by atoms with Gasteiger partial charge in [0.05, 0.1) is 29.6 Å². The van der Waals surface area contributed by atoms with Gasteiger partial charge in [0.2, 0.25) is 5.56 Å². The van der Waals surface area contributed by atoms with E-state index in [-0.39, 0.29) is 29.9 Å². The Balaban J connectivity index is 1.38. The molecule has 7 nitrogen and oxygen atoms in total. The summed E-state index contributed by atoms with van der Waals surface area (Å²) < 4.78 is 48.4. The van der Waals surface area contributed by atoms with Gasteiger partial charge in [0.1, 0.15) is 11.3 Å². The van der Waals surface area contributed by atoms with Crippen LogP contribution in [-0.4, -0.2) is 37.3 Å². The third-order valence-corrected chi connectivity index (χ3v) is 8.08. The molecule has 1 aliphatic heterocycles. The lowest BCUT2D eigenvalue weighted by Crippen LogP contribution is -2.35. The number of hydrogen-bond donors (Lipinski definition) is 0. The largest absolute Gasteiger partial charge is 0.392 e. The van der Waals surface area contributed by atoms with Gasteiger partial charge in [-0.25, -0.2) is 19.9 Å². The molecule has 0 N–H and O–H groups in total. The SMILES string of the molecule is Cc1cnc2nc([C@H]3CCO[C@@H](c4ccc(=O)n(C)c4)C3)nc(C34CC(C3)[C@@H](C(F)(F)F)C4)c2n1. The molecule has 3 saturated carbocycles. The summed E-state index contributed by atoms with van der Waals surface area (Å²) >= 11 is 0. The zero-order chi connectivity index (χ0) is 24.5. The van der Waals surface area contributed by atoms with Crippen molar-refractivity contribution in [2.45, 2.75) is 62.6 Å². The summed E-state index contributed by atoms with van der Waals surface area (Å²) in [5.74, 6) is -1.08. The van der Waals surface area contributed by atoms with Crippen molar-refractivity contribution in [1.29, 1.82) is 0 Å². The highest BCUT2D eigenvalue weighted by molar-refractivity contribution is 5.74. The zero-order valence-electron chi connectivity index (χ0n) is 19.5. The van der Waals surface area contributed by atoms with E-state index in [1.165, 1.54) is 10.6 Å². The van der Waals surface area contributed by atoms with Crippen LogP contribution in [0.25, 0.3) is 11.2 Å². The average Bonchev–Trinajstić information content (AvgIpc) is 3.38. The van der Waals surface area contributed by atoms with Crippen LogP contribution < -0.4 is 5.56 Å². The van der Waals surface area contributed by atoms with Crippen molar-refractivity contribution in [3.05, 3.63) is 57.7 Å². The predicted octanol–water partition coefficient (Wildman–Crippen LogP) is 4.29. The number of alkyl halides is 3. The number of aromatic nitrogens is 5. The molecule has 3 atom stereocenters. The molecule has 2 bridgehead atoms. The van der Waals surface area contributed by atoms with Crippen LogP contribution in [0.3, 0.4) is 0 Å². The summed E-state index contributed by atoms with van der Waals surface area (Å²) in [4.78, 5) is 30.6. The number of nitrogens with zero attached hydrogens (tertiary/aromatic N) is 5. The Bertz CT molecular complexity index is 1370. The van der Waals surface area contributed by atoms with E-state index in [1.807, 2.05) is 6.92 Å². The minimum absolute atomic E-state index is 0.0377. The quantitative estimate of drug-likeness (QED) is 0.551. The number of rotatable bonds is 3. The maximum absolute atomic E-state index is 13.6. The van der Waals surface area contributed by atoms with Crippen LogP contribution in [0.15, 0.2) is 29.3 Å². The van der Waals surface area contributed by atoms with Crippen molar-refractivity contribution in [1.82, 2.24) is 24.5 Å². The zero-order valence-corrected chi connectivity index (χ0v) is 19.5. The summed E-state index contributed by atoms with van der Waals surface area (Å²) in [6.45, 7) is 2.31. The molecule has 0 aromatic carbocycles. The maximum Gasteiger partial charge on any atom is 0.392 e. The fourth-order valence-electron chi connectivity index (χ4n) is 6.29. The van der Waals surface area contributed by atoms with E-state index in [0.717, 1.165) is 5.56 Å². The van der Waals surface area contributed by atoms with E-state index in [4.69, 9.17) is 14.7 Å². The molecule has 184 valence electrons. The van der Waals surface area contributed by atoms with Crippen LogP contribution in [0, 0.1) is 18.8 Å². The molecule has 4 aliphatic rings. The van der Waals surface area contributed by atoms with E-state index in [9.17, 15) is 18.0 Å². The highest BCUT2D eigenvalue weighted by Crippen LogP contribution is 2.66. The van der Waals surface area contributed by atoms with Gasteiger partial charge in [-0.05, 0) is 56.6 Å². The van der Waals surface area contributed by atoms with Gasteiger partial charge in [-0.1, -0.05) is 0 Å². The number of fused-ring (bicyclic) bond motifs is 2. The normalized spacial score (nSPS) is 30.4. The van der Waals surface area contributed by atoms with Crippen LogP contribution in [0.1, 0.15) is 66.9 Å². The minimum atomic E-state index is -4.19. The molecule has 4 heterocycles. The van der Waals surface area contributed by atoms with E-state index < -0.39 is 17.5 Å². The molecule has 0 radical (unpaired) electrons. The molecule has 0 amide bonds. The summed E-state index contributed by atoms with van der Waals surface area (Å²) in [7, 11) is 1.70. The molecule has 1 saturated heterocycles. The van der Waals surface area contributed by atoms with E-state index >= 15 is 0 Å². The number of halogens is 3. The van der Waals surface area contributed by atoms with Crippen molar-refractivity contribution >= 4 is 11.2 Å². The second kappa shape index (κ2) is 7.81. The minimum Gasteiger partial charge on any atom is -0.373 e. The second-order valence-corrected chi connectivity index (χ2v) is 10.4. The Morgan fingerprint density at radius 2 is 1.94 bits per heavy atom. The number of ether oxygens (including phenoxy) is 1. The van der Waals surface area contributed by atoms with Crippen LogP contribution in [-0.2, 0) is 17.2 Å². The Kier molecular flexibility index (Phi) is 5.04. The summed E-state index contributed by atoms with van der Waals surface area (Å²) in [5.41, 5.74) is 2.47. The third-order valence-electron chi connectivity index (χ3n) is 8.08. The first kappa shape index (κ1) is 22.6. The van der Waals surface area contributed by atoms with Gasteiger partial charge in [0.25, 0.3) is 0 Å². The third kappa shape index (κ3) is 3.73. The average molecular weight is 486 g/mol. The summed E-state index contributed by atoms with van der Waals surface area (Å²) in [5, 5.41) is 0. The molecule has 3 aromatic rings. The van der Waals surface area contributed by atoms with E-state index in [1.54, 1.807) is 25.5 Å². The molecule has 35 heavy (non-hydrogen) atoms. The van der Waals surface area contributed by atoms with Crippen molar-refractivity contribution in [3.63, 3.8) is 0 Å². The van der Waals surface area contributed by atoms with Crippen LogP contribution in [0.4, 0.5) is 13.2 Å². The molecule has 4 fully saturated rings. The molecule has 7 rings (SSSR count). The Hall–Kier alpha value is -2.88. The highest BCUT2D eigenvalue weighted by atomic mass is 19.4. The molecule has 3 aromatic heterocycles. The number of aryl methyl sites for hydroxylation is 2. The Morgan fingerprint density at radius 1 is 1.14 bits per heavy atom. The second-order valence-electron chi connectivity index (χ2n) is 10.4. The monoisotopic (exact) mass is 485 g/mol. The lowest BCUT2D eigenvalue weighted by molar-refractivity contribution is -0.180. The molecule has 3 aliphatic carbocycles. The smallest absolute Gasteiger partial charge is 0.373 e. The Labute approximate surface area is 199 Å². The lowest BCUT2D eigenvalue weighted by Gasteiger charge is -2.39. The first-order chi connectivity index (χ1) is 16.6. The first-order valence-corrected chi connectivity index (χ1v) is 12.0. The standard InChI is InChI=1S/C25H26F3N5O2/c1-13-11-29-23-20(30-13)21(24-8-16(9-24)17(10-24)25(26,27)28)31-22(32-23)14-5-6-35-18(7-14)15-3-4-19(34)33(2)12-15/h3-4,11-12,14,16-18H,5-10H2,1-2H3/t14-,16?,17-,18+,24?/m0/s1. The van der Waals surface area contributed by atoms with E-state index in [2.05, 4.69) is 9.97 Å². The van der Waals surface area contributed by atoms with Gasteiger partial charge in [-0.15, -0.1) is 0 Å². The van der Waals surface area contributed by atoms with Gasteiger partial charge in [0, 0.05) is 37.3 Å². The molecular formula is C25H26F3N5O2. The maximum atomic E-state index is 13.6. The van der Waals surface area contributed by atoms with Crippen molar-refractivity contribution in [3.8, 4) is 0 Å². The van der Waals surface area contributed by atoms with Crippen LogP contribution in [0.5, 0.6) is 0 Å². The Morgan fingerprint density at radius 3 is 2.66 bits per heavy atom. The van der Waals surface area contributed by atoms with Gasteiger partial charge in [-0.2, -0.15) is 13.2 Å². The molecule has 0 unspecified atom stereocenters. The highest BCUT2D eigenvalue weighted by Gasteiger charge is 2.65. The predicted molar refractivity (Wildman–Crippen MR) is 121 cm³/mol. The summed E-state index contributed by atoms with van der Waals surface area (Å²) in [6, 6.07) is 3.30. The van der Waals surface area contributed by atoms with Gasteiger partial charge in [0.15, 0.2) is 5.65 Å². The number of pyridine rings is 1. The van der Waals surface area contributed by atoms with Crippen molar-refractivity contribution in [2.24, 2.45) is 18.9 Å². The van der Waals surface area contributed by atoms with Crippen molar-refractivity contribution < 1.29 is 17.9 Å². The van der Waals surface area contributed by atoms with Gasteiger partial charge in [-0.3, -0.25) is 4.79 Å². The molecule has 0 spiro atoms. The topological polar surface area (TPSA) is 82.8 Å². The fourth-order valence-corrected chi connectivity index (χ4v) is 6.29. The van der Waals surface area contributed by atoms with Gasteiger partial charge >= 0.3 is 6.18 Å². The fraction of sp³-hybridized carbons (Fsp3) is 0.560. The molecule has 10 heteroatoms. The summed E-state index contributed by atoms with van der Waals surface area (Å²) in [6.07, 6.45) is 1.32. The lowest BCUT2D eigenvalue weighted by atomic mass is 9.67. The molecular weight excluding hydrogens is 459 g/mol.